The number of aryl methyl sites for hydroxylation is 1. The molecule has 2 N–H and O–H groups in total. The fraction of sp³-hybridized carbons (Fsp3) is 0.208. The molecule has 9 heteroatoms. The summed E-state index contributed by atoms with van der Waals surface area (Å²) in [7, 11) is -3.78. The van der Waals surface area contributed by atoms with Crippen molar-refractivity contribution in [2.75, 3.05) is 18.1 Å². The lowest BCUT2D eigenvalue weighted by molar-refractivity contribution is -0.0172. The van der Waals surface area contributed by atoms with Crippen LogP contribution in [0.3, 0.4) is 0 Å². The smallest absolute Gasteiger partial charge is 0.261 e. The number of carbonyl (C=O) groups excluding carboxylic acids is 1. The van der Waals surface area contributed by atoms with Crippen molar-refractivity contribution < 1.29 is 27.1 Å². The Kier molecular flexibility index (Phi) is 6.62. The van der Waals surface area contributed by atoms with E-state index in [0.717, 1.165) is 5.56 Å². The second-order valence-electron chi connectivity index (χ2n) is 7.67. The first-order valence-electron chi connectivity index (χ1n) is 10.3. The standard InChI is InChI=1S/C24H23FN2O5S/c1-16-2-6-21(7-3-16)27-33(29,30)22-8-4-17(5-9-22)24(28)26-11-10-18-12-20(25)13-19-14-31-15-32-23(18)19/h2-9,12-13,27H,10-11,14-15H2,1H3,(H,26,28). The van der Waals surface area contributed by atoms with Crippen LogP contribution >= 0.6 is 0 Å². The summed E-state index contributed by atoms with van der Waals surface area (Å²) >= 11 is 0. The molecule has 0 atom stereocenters. The molecule has 172 valence electrons. The van der Waals surface area contributed by atoms with Gasteiger partial charge in [-0.1, -0.05) is 17.7 Å². The minimum absolute atomic E-state index is 0.0466. The number of anilines is 1. The number of halogens is 1. The van der Waals surface area contributed by atoms with Crippen molar-refractivity contribution in [2.24, 2.45) is 0 Å². The lowest BCUT2D eigenvalue weighted by Crippen LogP contribution is -2.26. The van der Waals surface area contributed by atoms with E-state index in [1.54, 1.807) is 12.1 Å². The third-order valence-corrected chi connectivity index (χ3v) is 6.56. The Morgan fingerprint density at radius 1 is 1.06 bits per heavy atom. The zero-order chi connectivity index (χ0) is 23.4. The molecular weight excluding hydrogens is 447 g/mol. The molecule has 0 saturated heterocycles. The quantitative estimate of drug-likeness (QED) is 0.548. The van der Waals surface area contributed by atoms with Gasteiger partial charge in [0.2, 0.25) is 0 Å². The predicted octanol–water partition coefficient (Wildman–Crippen LogP) is 3.77. The van der Waals surface area contributed by atoms with Gasteiger partial charge in [0.05, 0.1) is 11.5 Å². The molecule has 4 rings (SSSR count). The molecule has 1 amide bonds. The highest BCUT2D eigenvalue weighted by molar-refractivity contribution is 7.92. The lowest BCUT2D eigenvalue weighted by atomic mass is 10.1. The lowest BCUT2D eigenvalue weighted by Gasteiger charge is -2.21. The normalized spacial score (nSPS) is 13.0. The molecule has 0 bridgehead atoms. The van der Waals surface area contributed by atoms with Crippen LogP contribution in [0.15, 0.2) is 65.6 Å². The van der Waals surface area contributed by atoms with Crippen molar-refractivity contribution in [3.63, 3.8) is 0 Å². The second-order valence-corrected chi connectivity index (χ2v) is 9.35. The van der Waals surface area contributed by atoms with Crippen molar-refractivity contribution in [3.05, 3.63) is 88.7 Å². The summed E-state index contributed by atoms with van der Waals surface area (Å²) in [5.41, 5.74) is 3.08. The maximum atomic E-state index is 13.8. The van der Waals surface area contributed by atoms with E-state index in [1.165, 1.54) is 36.4 Å². The van der Waals surface area contributed by atoms with Crippen LogP contribution in [-0.4, -0.2) is 27.7 Å². The number of benzene rings is 3. The molecule has 0 unspecified atom stereocenters. The van der Waals surface area contributed by atoms with Crippen LogP contribution < -0.4 is 14.8 Å². The van der Waals surface area contributed by atoms with Gasteiger partial charge in [-0.15, -0.1) is 0 Å². The number of carbonyl (C=O) groups is 1. The van der Waals surface area contributed by atoms with Crippen LogP contribution in [0, 0.1) is 12.7 Å². The van der Waals surface area contributed by atoms with Crippen LogP contribution in [-0.2, 0) is 27.8 Å². The van der Waals surface area contributed by atoms with Gasteiger partial charge in [0, 0.05) is 23.4 Å². The van der Waals surface area contributed by atoms with Gasteiger partial charge in [-0.25, -0.2) is 12.8 Å². The number of fused-ring (bicyclic) bond motifs is 1. The highest BCUT2D eigenvalue weighted by Crippen LogP contribution is 2.29. The average Bonchev–Trinajstić information content (AvgIpc) is 2.80. The van der Waals surface area contributed by atoms with E-state index in [-0.39, 0.29) is 36.6 Å². The molecule has 0 spiro atoms. The monoisotopic (exact) mass is 470 g/mol. The highest BCUT2D eigenvalue weighted by Gasteiger charge is 2.18. The fourth-order valence-corrected chi connectivity index (χ4v) is 4.53. The molecule has 1 heterocycles. The first-order chi connectivity index (χ1) is 15.8. The second kappa shape index (κ2) is 9.60. The van der Waals surface area contributed by atoms with Gasteiger partial charge in [0.15, 0.2) is 6.79 Å². The summed E-state index contributed by atoms with van der Waals surface area (Å²) in [5, 5.41) is 2.76. The first-order valence-corrected chi connectivity index (χ1v) is 11.8. The summed E-state index contributed by atoms with van der Waals surface area (Å²) in [4.78, 5) is 12.5. The summed E-state index contributed by atoms with van der Waals surface area (Å²) in [6.45, 7) is 2.55. The molecule has 0 fully saturated rings. The van der Waals surface area contributed by atoms with Crippen molar-refractivity contribution in [1.82, 2.24) is 5.32 Å². The summed E-state index contributed by atoms with van der Waals surface area (Å²) < 4.78 is 52.2. The minimum Gasteiger partial charge on any atom is -0.467 e. The Labute approximate surface area is 191 Å². The molecule has 0 aromatic heterocycles. The van der Waals surface area contributed by atoms with Crippen LogP contribution in [0.2, 0.25) is 0 Å². The van der Waals surface area contributed by atoms with Gasteiger partial charge in [0.1, 0.15) is 11.6 Å². The van der Waals surface area contributed by atoms with E-state index in [2.05, 4.69) is 10.0 Å². The van der Waals surface area contributed by atoms with Crippen molar-refractivity contribution in [1.29, 1.82) is 0 Å². The number of nitrogens with one attached hydrogen (secondary N) is 2. The topological polar surface area (TPSA) is 93.7 Å². The van der Waals surface area contributed by atoms with Gasteiger partial charge >= 0.3 is 0 Å². The average molecular weight is 471 g/mol. The zero-order valence-electron chi connectivity index (χ0n) is 17.9. The largest absolute Gasteiger partial charge is 0.467 e. The number of amides is 1. The molecule has 3 aromatic carbocycles. The number of rotatable bonds is 7. The minimum atomic E-state index is -3.78. The van der Waals surface area contributed by atoms with E-state index >= 15 is 0 Å². The van der Waals surface area contributed by atoms with Crippen LogP contribution in [0.25, 0.3) is 0 Å². The van der Waals surface area contributed by atoms with Crippen LogP contribution in [0.4, 0.5) is 10.1 Å². The predicted molar refractivity (Wildman–Crippen MR) is 121 cm³/mol. The fourth-order valence-electron chi connectivity index (χ4n) is 3.48. The highest BCUT2D eigenvalue weighted by atomic mass is 32.2. The van der Waals surface area contributed by atoms with E-state index in [1.807, 2.05) is 19.1 Å². The van der Waals surface area contributed by atoms with E-state index < -0.39 is 10.0 Å². The molecular formula is C24H23FN2O5S. The van der Waals surface area contributed by atoms with Crippen LogP contribution in [0.1, 0.15) is 27.0 Å². The molecule has 33 heavy (non-hydrogen) atoms. The van der Waals surface area contributed by atoms with E-state index in [9.17, 15) is 17.6 Å². The summed E-state index contributed by atoms with van der Waals surface area (Å²) in [6.07, 6.45) is 0.374. The Balaban J connectivity index is 1.37. The summed E-state index contributed by atoms with van der Waals surface area (Å²) in [5.74, 6) is -0.160. The molecule has 0 radical (unpaired) electrons. The maximum absolute atomic E-state index is 13.8. The Morgan fingerprint density at radius 2 is 1.79 bits per heavy atom. The van der Waals surface area contributed by atoms with Crippen molar-refractivity contribution in [2.45, 2.75) is 24.8 Å². The Hall–Kier alpha value is -3.43. The Morgan fingerprint density at radius 3 is 2.52 bits per heavy atom. The third kappa shape index (κ3) is 5.50. The maximum Gasteiger partial charge on any atom is 0.261 e. The van der Waals surface area contributed by atoms with Crippen LogP contribution in [0.5, 0.6) is 5.75 Å². The van der Waals surface area contributed by atoms with E-state index in [4.69, 9.17) is 9.47 Å². The van der Waals surface area contributed by atoms with Gasteiger partial charge < -0.3 is 14.8 Å². The molecule has 3 aromatic rings. The Bertz CT molecular complexity index is 1260. The number of ether oxygens (including phenoxy) is 2. The number of hydrogen-bond donors (Lipinski definition) is 2. The van der Waals surface area contributed by atoms with Gasteiger partial charge in [-0.3, -0.25) is 9.52 Å². The molecule has 0 aliphatic carbocycles. The number of sulfonamides is 1. The zero-order valence-corrected chi connectivity index (χ0v) is 18.7. The molecule has 1 aliphatic rings. The SMILES string of the molecule is Cc1ccc(NS(=O)(=O)c2ccc(C(=O)NCCc3cc(F)cc4c3OCOC4)cc2)cc1. The molecule has 1 aliphatic heterocycles. The number of hydrogen-bond acceptors (Lipinski definition) is 5. The van der Waals surface area contributed by atoms with Crippen molar-refractivity contribution >= 4 is 21.6 Å². The summed E-state index contributed by atoms with van der Waals surface area (Å²) in [6, 6.07) is 15.4. The molecule has 0 saturated carbocycles. The first kappa shape index (κ1) is 22.8. The van der Waals surface area contributed by atoms with Gasteiger partial charge in [-0.05, 0) is 67.4 Å². The van der Waals surface area contributed by atoms with E-state index in [0.29, 0.717) is 34.5 Å². The van der Waals surface area contributed by atoms with Gasteiger partial charge in [0.25, 0.3) is 15.9 Å². The van der Waals surface area contributed by atoms with Crippen molar-refractivity contribution in [3.8, 4) is 5.75 Å². The van der Waals surface area contributed by atoms with Gasteiger partial charge in [-0.2, -0.15) is 0 Å². The molecule has 7 nitrogen and oxygen atoms in total. The third-order valence-electron chi connectivity index (χ3n) is 5.16.